The van der Waals surface area contributed by atoms with Gasteiger partial charge >= 0.3 is 0 Å². The number of nitrogens with one attached hydrogen (secondary N) is 1. The van der Waals surface area contributed by atoms with Gasteiger partial charge in [-0.25, -0.2) is 0 Å². The fraction of sp³-hybridized carbons (Fsp3) is 0.562. The zero-order valence-corrected chi connectivity index (χ0v) is 12.1. The molecule has 0 atom stereocenters. The first-order chi connectivity index (χ1) is 8.94. The summed E-state index contributed by atoms with van der Waals surface area (Å²) in [7, 11) is 0. The number of nitrogens with two attached hydrogens (primary N) is 1. The number of hydrogen-bond acceptors (Lipinski definition) is 2. The standard InChI is InChI=1S/C16H24N2O/c1-11(2)16(6-7-16)10-18-9-14-5-4-13(15(17)19)8-12(14)3/h4-5,8,11,18H,6-7,9-10H2,1-3H3,(H2,17,19). The average Bonchev–Trinajstić information content (AvgIpc) is 3.12. The predicted molar refractivity (Wildman–Crippen MR) is 77.9 cm³/mol. The van der Waals surface area contributed by atoms with Crippen molar-refractivity contribution in [3.8, 4) is 0 Å². The van der Waals surface area contributed by atoms with Crippen LogP contribution in [0.3, 0.4) is 0 Å². The molecule has 0 spiro atoms. The first kappa shape index (κ1) is 14.1. The lowest BCUT2D eigenvalue weighted by molar-refractivity contribution is 0.1000. The number of carbonyl (C=O) groups excluding carboxylic acids is 1. The molecule has 1 aliphatic rings. The topological polar surface area (TPSA) is 55.1 Å². The number of hydrogen-bond donors (Lipinski definition) is 2. The fourth-order valence-electron chi connectivity index (χ4n) is 2.61. The van der Waals surface area contributed by atoms with Crippen molar-refractivity contribution < 1.29 is 4.79 Å². The van der Waals surface area contributed by atoms with Gasteiger partial charge in [0.15, 0.2) is 0 Å². The molecule has 0 aliphatic heterocycles. The number of primary amides is 1. The van der Waals surface area contributed by atoms with Crippen LogP contribution in [0.4, 0.5) is 0 Å². The van der Waals surface area contributed by atoms with Gasteiger partial charge < -0.3 is 11.1 Å². The van der Waals surface area contributed by atoms with E-state index in [1.165, 1.54) is 18.4 Å². The van der Waals surface area contributed by atoms with Crippen LogP contribution >= 0.6 is 0 Å². The molecule has 0 radical (unpaired) electrons. The van der Waals surface area contributed by atoms with E-state index in [2.05, 4.69) is 19.2 Å². The summed E-state index contributed by atoms with van der Waals surface area (Å²) >= 11 is 0. The Morgan fingerprint density at radius 1 is 1.42 bits per heavy atom. The van der Waals surface area contributed by atoms with Gasteiger partial charge in [0.25, 0.3) is 0 Å². The Morgan fingerprint density at radius 2 is 2.11 bits per heavy atom. The molecule has 1 aromatic carbocycles. The highest BCUT2D eigenvalue weighted by Crippen LogP contribution is 2.51. The Morgan fingerprint density at radius 3 is 2.58 bits per heavy atom. The molecular formula is C16H24N2O. The summed E-state index contributed by atoms with van der Waals surface area (Å²) < 4.78 is 0. The van der Waals surface area contributed by atoms with Crippen molar-refractivity contribution in [2.45, 2.75) is 40.2 Å². The first-order valence-corrected chi connectivity index (χ1v) is 7.05. The smallest absolute Gasteiger partial charge is 0.248 e. The molecule has 1 fully saturated rings. The summed E-state index contributed by atoms with van der Waals surface area (Å²) in [6, 6.07) is 5.67. The lowest BCUT2D eigenvalue weighted by Gasteiger charge is -2.20. The number of amides is 1. The normalized spacial score (nSPS) is 16.6. The third-order valence-electron chi connectivity index (χ3n) is 4.54. The van der Waals surface area contributed by atoms with E-state index in [1.54, 1.807) is 0 Å². The second-order valence-corrected chi connectivity index (χ2v) is 6.13. The first-order valence-electron chi connectivity index (χ1n) is 7.05. The molecular weight excluding hydrogens is 236 g/mol. The van der Waals surface area contributed by atoms with Crippen molar-refractivity contribution in [1.82, 2.24) is 5.32 Å². The van der Waals surface area contributed by atoms with Crippen LogP contribution in [-0.4, -0.2) is 12.5 Å². The van der Waals surface area contributed by atoms with Crippen molar-refractivity contribution in [1.29, 1.82) is 0 Å². The molecule has 3 nitrogen and oxygen atoms in total. The fourth-order valence-corrected chi connectivity index (χ4v) is 2.61. The van der Waals surface area contributed by atoms with Crippen molar-refractivity contribution in [3.05, 3.63) is 34.9 Å². The number of rotatable bonds is 6. The minimum absolute atomic E-state index is 0.362. The van der Waals surface area contributed by atoms with E-state index >= 15 is 0 Å². The van der Waals surface area contributed by atoms with E-state index in [1.807, 2.05) is 25.1 Å². The van der Waals surface area contributed by atoms with E-state index in [0.717, 1.165) is 24.6 Å². The van der Waals surface area contributed by atoms with Crippen molar-refractivity contribution in [3.63, 3.8) is 0 Å². The summed E-state index contributed by atoms with van der Waals surface area (Å²) in [5.74, 6) is 0.387. The van der Waals surface area contributed by atoms with Gasteiger partial charge in [0, 0.05) is 18.7 Å². The molecule has 1 saturated carbocycles. The number of benzene rings is 1. The molecule has 0 heterocycles. The third kappa shape index (κ3) is 3.16. The molecule has 3 N–H and O–H groups in total. The zero-order valence-electron chi connectivity index (χ0n) is 12.1. The molecule has 3 heteroatoms. The summed E-state index contributed by atoms with van der Waals surface area (Å²) in [5.41, 5.74) is 8.75. The number of aryl methyl sites for hydroxylation is 1. The van der Waals surface area contributed by atoms with E-state index in [4.69, 9.17) is 5.73 Å². The maximum Gasteiger partial charge on any atom is 0.248 e. The minimum atomic E-state index is -0.362. The molecule has 0 unspecified atom stereocenters. The monoisotopic (exact) mass is 260 g/mol. The van der Waals surface area contributed by atoms with E-state index in [9.17, 15) is 4.79 Å². The second-order valence-electron chi connectivity index (χ2n) is 6.13. The van der Waals surface area contributed by atoms with Gasteiger partial charge in [-0.05, 0) is 54.4 Å². The predicted octanol–water partition coefficient (Wildman–Crippen LogP) is 2.62. The maximum absolute atomic E-state index is 11.1. The van der Waals surface area contributed by atoms with Crippen molar-refractivity contribution in [2.24, 2.45) is 17.1 Å². The lowest BCUT2D eigenvalue weighted by Crippen LogP contribution is -2.27. The Balaban J connectivity index is 1.92. The third-order valence-corrected chi connectivity index (χ3v) is 4.54. The van der Waals surface area contributed by atoms with Gasteiger partial charge in [-0.2, -0.15) is 0 Å². The Bertz CT molecular complexity index is 476. The summed E-state index contributed by atoms with van der Waals surface area (Å²) in [6.45, 7) is 8.59. The van der Waals surface area contributed by atoms with Gasteiger partial charge in [-0.15, -0.1) is 0 Å². The van der Waals surface area contributed by atoms with E-state index in [-0.39, 0.29) is 5.91 Å². The summed E-state index contributed by atoms with van der Waals surface area (Å²) in [4.78, 5) is 11.1. The van der Waals surface area contributed by atoms with Gasteiger partial charge in [-0.3, -0.25) is 4.79 Å². The highest BCUT2D eigenvalue weighted by molar-refractivity contribution is 5.93. The average molecular weight is 260 g/mol. The molecule has 19 heavy (non-hydrogen) atoms. The van der Waals surface area contributed by atoms with Crippen molar-refractivity contribution >= 4 is 5.91 Å². The molecule has 0 saturated heterocycles. The van der Waals surface area contributed by atoms with Crippen LogP contribution in [0.2, 0.25) is 0 Å². The maximum atomic E-state index is 11.1. The van der Waals surface area contributed by atoms with E-state index < -0.39 is 0 Å². The molecule has 0 bridgehead atoms. The molecule has 2 rings (SSSR count). The van der Waals surface area contributed by atoms with Crippen LogP contribution in [0.25, 0.3) is 0 Å². The second kappa shape index (κ2) is 5.33. The lowest BCUT2D eigenvalue weighted by atomic mass is 9.92. The van der Waals surface area contributed by atoms with Crippen LogP contribution < -0.4 is 11.1 Å². The SMILES string of the molecule is Cc1cc(C(N)=O)ccc1CNCC1(C(C)C)CC1. The van der Waals surface area contributed by atoms with Crippen LogP contribution in [0.1, 0.15) is 48.2 Å². The van der Waals surface area contributed by atoms with Gasteiger partial charge in [-0.1, -0.05) is 19.9 Å². The van der Waals surface area contributed by atoms with Gasteiger partial charge in [0.1, 0.15) is 0 Å². The zero-order chi connectivity index (χ0) is 14.0. The molecule has 1 aromatic rings. The van der Waals surface area contributed by atoms with Gasteiger partial charge in [0.2, 0.25) is 5.91 Å². The van der Waals surface area contributed by atoms with Gasteiger partial charge in [0.05, 0.1) is 0 Å². The van der Waals surface area contributed by atoms with Crippen LogP contribution in [0.5, 0.6) is 0 Å². The Labute approximate surface area is 115 Å². The largest absolute Gasteiger partial charge is 0.366 e. The van der Waals surface area contributed by atoms with Crippen LogP contribution in [-0.2, 0) is 6.54 Å². The Hall–Kier alpha value is -1.35. The van der Waals surface area contributed by atoms with Crippen LogP contribution in [0.15, 0.2) is 18.2 Å². The highest BCUT2D eigenvalue weighted by atomic mass is 16.1. The van der Waals surface area contributed by atoms with E-state index in [0.29, 0.717) is 11.0 Å². The molecule has 104 valence electrons. The quantitative estimate of drug-likeness (QED) is 0.826. The number of carbonyl (C=O) groups is 1. The molecule has 0 aromatic heterocycles. The molecule has 1 amide bonds. The minimum Gasteiger partial charge on any atom is -0.366 e. The highest BCUT2D eigenvalue weighted by Gasteiger charge is 2.44. The summed E-state index contributed by atoms with van der Waals surface area (Å²) in [5, 5.41) is 3.56. The Kier molecular flexibility index (Phi) is 3.95. The van der Waals surface area contributed by atoms with Crippen LogP contribution in [0, 0.1) is 18.3 Å². The van der Waals surface area contributed by atoms with Crippen molar-refractivity contribution in [2.75, 3.05) is 6.54 Å². The molecule has 1 aliphatic carbocycles. The summed E-state index contributed by atoms with van der Waals surface area (Å²) in [6.07, 6.45) is 2.69.